The van der Waals surface area contributed by atoms with Crippen molar-refractivity contribution in [3.8, 4) is 11.4 Å². The van der Waals surface area contributed by atoms with Gasteiger partial charge in [0.15, 0.2) is 0 Å². The Morgan fingerprint density at radius 2 is 1.95 bits per heavy atom. The zero-order chi connectivity index (χ0) is 15.1. The van der Waals surface area contributed by atoms with Crippen LogP contribution in [0.1, 0.15) is 32.0 Å². The minimum absolute atomic E-state index is 0.234. The number of nitrogens with zero attached hydrogens (tertiary/aromatic N) is 1. The summed E-state index contributed by atoms with van der Waals surface area (Å²) in [5, 5.41) is 0. The number of hydrogen-bond donors (Lipinski definition) is 1. The molecule has 3 nitrogen and oxygen atoms in total. The maximum absolute atomic E-state index is 13.3. The van der Waals surface area contributed by atoms with Gasteiger partial charge in [-0.3, -0.25) is 4.79 Å². The van der Waals surface area contributed by atoms with E-state index in [4.69, 9.17) is 0 Å². The molecular weight excluding hydrogens is 323 g/mol. The number of hydrogen-bond acceptors (Lipinski definition) is 2. The number of benzene rings is 1. The molecule has 0 radical (unpaired) electrons. The first-order valence-electron chi connectivity index (χ1n) is 6.27. The van der Waals surface area contributed by atoms with Gasteiger partial charge in [0.05, 0.1) is 5.69 Å². The highest BCUT2D eigenvalue weighted by Crippen LogP contribution is 2.27. The van der Waals surface area contributed by atoms with Crippen LogP contribution in [0.15, 0.2) is 27.5 Å². The van der Waals surface area contributed by atoms with Gasteiger partial charge >= 0.3 is 0 Å². The lowest BCUT2D eigenvalue weighted by Gasteiger charge is -2.19. The number of nitrogens with one attached hydrogen (secondary N) is 1. The van der Waals surface area contributed by atoms with Crippen LogP contribution in [0, 0.1) is 12.7 Å². The Morgan fingerprint density at radius 3 is 2.50 bits per heavy atom. The lowest BCUT2D eigenvalue weighted by Crippen LogP contribution is -2.22. The van der Waals surface area contributed by atoms with Crippen molar-refractivity contribution in [1.29, 1.82) is 0 Å². The third kappa shape index (κ3) is 2.82. The fourth-order valence-electron chi connectivity index (χ4n) is 1.88. The molecule has 0 fully saturated rings. The largest absolute Gasteiger partial charge is 0.306 e. The molecule has 20 heavy (non-hydrogen) atoms. The van der Waals surface area contributed by atoms with E-state index in [1.54, 1.807) is 19.1 Å². The topological polar surface area (TPSA) is 45.8 Å². The molecule has 1 N–H and O–H groups in total. The normalized spacial score (nSPS) is 11.7. The van der Waals surface area contributed by atoms with E-state index in [0.29, 0.717) is 27.1 Å². The molecular formula is C15H16BrFN2O. The van der Waals surface area contributed by atoms with E-state index in [1.807, 2.05) is 20.8 Å². The summed E-state index contributed by atoms with van der Waals surface area (Å²) in [6.45, 7) is 7.64. The molecule has 1 heterocycles. The number of rotatable bonds is 1. The van der Waals surface area contributed by atoms with Crippen molar-refractivity contribution in [2.45, 2.75) is 33.1 Å². The van der Waals surface area contributed by atoms with E-state index in [-0.39, 0.29) is 16.8 Å². The number of aromatic nitrogens is 2. The number of aromatic amines is 1. The summed E-state index contributed by atoms with van der Waals surface area (Å²) in [5.41, 5.74) is 1.39. The molecule has 0 spiro atoms. The monoisotopic (exact) mass is 338 g/mol. The molecule has 1 aromatic carbocycles. The average molecular weight is 339 g/mol. The molecule has 0 saturated heterocycles. The maximum atomic E-state index is 13.3. The van der Waals surface area contributed by atoms with Gasteiger partial charge in [-0.2, -0.15) is 0 Å². The van der Waals surface area contributed by atoms with E-state index >= 15 is 0 Å². The molecule has 0 atom stereocenters. The number of aryl methyl sites for hydroxylation is 1. The standard InChI is InChI=1S/C15H16BrFN2O/c1-8-7-9(5-6-10(8)17)13-18-12(15(2,3)4)11(16)14(20)19-13/h5-7H,1-4H3,(H,18,19,20). The van der Waals surface area contributed by atoms with Crippen LogP contribution in [0.4, 0.5) is 4.39 Å². The first kappa shape index (κ1) is 14.9. The summed E-state index contributed by atoms with van der Waals surface area (Å²) >= 11 is 3.28. The van der Waals surface area contributed by atoms with Crippen molar-refractivity contribution in [3.05, 3.63) is 50.1 Å². The molecule has 2 rings (SSSR count). The van der Waals surface area contributed by atoms with E-state index < -0.39 is 0 Å². The van der Waals surface area contributed by atoms with E-state index in [9.17, 15) is 9.18 Å². The molecule has 5 heteroatoms. The molecule has 1 aromatic heterocycles. The molecule has 0 unspecified atom stereocenters. The molecule has 0 saturated carbocycles. The Bertz CT molecular complexity index is 717. The second-order valence-corrected chi connectivity index (χ2v) is 6.58. The predicted molar refractivity (Wildman–Crippen MR) is 81.4 cm³/mol. The second-order valence-electron chi connectivity index (χ2n) is 5.79. The van der Waals surface area contributed by atoms with Crippen LogP contribution >= 0.6 is 15.9 Å². The second kappa shape index (κ2) is 5.13. The van der Waals surface area contributed by atoms with E-state index in [0.717, 1.165) is 0 Å². The average Bonchev–Trinajstić information content (AvgIpc) is 2.34. The van der Waals surface area contributed by atoms with Crippen LogP contribution in [-0.2, 0) is 5.41 Å². The highest BCUT2D eigenvalue weighted by atomic mass is 79.9. The summed E-state index contributed by atoms with van der Waals surface area (Å²) in [7, 11) is 0. The molecule has 0 aliphatic carbocycles. The first-order valence-corrected chi connectivity index (χ1v) is 7.06. The van der Waals surface area contributed by atoms with Crippen molar-refractivity contribution in [3.63, 3.8) is 0 Å². The van der Waals surface area contributed by atoms with Gasteiger partial charge in [-0.1, -0.05) is 20.8 Å². The van der Waals surface area contributed by atoms with Gasteiger partial charge in [-0.15, -0.1) is 0 Å². The first-order chi connectivity index (χ1) is 9.20. The molecule has 0 amide bonds. The highest BCUT2D eigenvalue weighted by Gasteiger charge is 2.22. The molecule has 0 aliphatic rings. The molecule has 0 aliphatic heterocycles. The lowest BCUT2D eigenvalue weighted by molar-refractivity contribution is 0.562. The molecule has 2 aromatic rings. The quantitative estimate of drug-likeness (QED) is 0.855. The fourth-order valence-corrected chi connectivity index (χ4v) is 2.67. The minimum Gasteiger partial charge on any atom is -0.306 e. The van der Waals surface area contributed by atoms with Gasteiger partial charge in [-0.25, -0.2) is 9.37 Å². The van der Waals surface area contributed by atoms with E-state index in [1.165, 1.54) is 6.07 Å². The van der Waals surface area contributed by atoms with Crippen LogP contribution in [0.5, 0.6) is 0 Å². The van der Waals surface area contributed by atoms with Gasteiger partial charge in [0, 0.05) is 11.0 Å². The molecule has 0 bridgehead atoms. The number of halogens is 2. The van der Waals surface area contributed by atoms with Crippen LogP contribution in [-0.4, -0.2) is 9.97 Å². The van der Waals surface area contributed by atoms with Crippen LogP contribution in [0.3, 0.4) is 0 Å². The smallest absolute Gasteiger partial charge is 0.265 e. The van der Waals surface area contributed by atoms with Crippen molar-refractivity contribution < 1.29 is 4.39 Å². The van der Waals surface area contributed by atoms with Crippen molar-refractivity contribution in [2.24, 2.45) is 0 Å². The van der Waals surface area contributed by atoms with E-state index in [2.05, 4.69) is 25.9 Å². The van der Waals surface area contributed by atoms with Gasteiger partial charge < -0.3 is 4.98 Å². The third-order valence-corrected chi connectivity index (χ3v) is 3.74. The maximum Gasteiger partial charge on any atom is 0.265 e. The zero-order valence-corrected chi connectivity index (χ0v) is 13.4. The van der Waals surface area contributed by atoms with Gasteiger partial charge in [0.25, 0.3) is 5.56 Å². The Morgan fingerprint density at radius 1 is 1.30 bits per heavy atom. The Balaban J connectivity index is 2.67. The Kier molecular flexibility index (Phi) is 3.82. The van der Waals surface area contributed by atoms with Crippen molar-refractivity contribution in [1.82, 2.24) is 9.97 Å². The summed E-state index contributed by atoms with van der Waals surface area (Å²) < 4.78 is 13.8. The van der Waals surface area contributed by atoms with Crippen molar-refractivity contribution in [2.75, 3.05) is 0 Å². The van der Waals surface area contributed by atoms with Gasteiger partial charge in [0.1, 0.15) is 16.1 Å². The summed E-state index contributed by atoms with van der Waals surface area (Å²) in [5.74, 6) is 0.176. The van der Waals surface area contributed by atoms with Crippen LogP contribution < -0.4 is 5.56 Å². The number of H-pyrrole nitrogens is 1. The Hall–Kier alpha value is -1.49. The van der Waals surface area contributed by atoms with Gasteiger partial charge in [-0.05, 0) is 46.6 Å². The summed E-state index contributed by atoms with van der Waals surface area (Å²) in [6.07, 6.45) is 0. The summed E-state index contributed by atoms with van der Waals surface area (Å²) in [4.78, 5) is 19.3. The van der Waals surface area contributed by atoms with Crippen molar-refractivity contribution >= 4 is 15.9 Å². The van der Waals surface area contributed by atoms with Gasteiger partial charge in [0.2, 0.25) is 0 Å². The predicted octanol–water partition coefficient (Wildman–Crippen LogP) is 3.94. The Labute approximate surface area is 125 Å². The SMILES string of the molecule is Cc1cc(-c2nc(C(C)(C)C)c(Br)c(=O)[nH]2)ccc1F. The van der Waals surface area contributed by atoms with Crippen LogP contribution in [0.25, 0.3) is 11.4 Å². The lowest BCUT2D eigenvalue weighted by atomic mass is 9.92. The zero-order valence-electron chi connectivity index (χ0n) is 11.8. The highest BCUT2D eigenvalue weighted by molar-refractivity contribution is 9.10. The molecule has 106 valence electrons. The summed E-state index contributed by atoms with van der Waals surface area (Å²) in [6, 6.07) is 4.67. The van der Waals surface area contributed by atoms with Crippen LogP contribution in [0.2, 0.25) is 0 Å². The third-order valence-electron chi connectivity index (χ3n) is 3.00. The fraction of sp³-hybridized carbons (Fsp3) is 0.333. The minimum atomic E-state index is -0.274.